The lowest BCUT2D eigenvalue weighted by atomic mass is 10.1. The largest absolute Gasteiger partial charge is 0.467 e. The fourth-order valence-electron chi connectivity index (χ4n) is 2.07. The molecule has 0 bridgehead atoms. The molecule has 0 radical (unpaired) electrons. The van der Waals surface area contributed by atoms with Crippen molar-refractivity contribution in [1.29, 1.82) is 0 Å². The van der Waals surface area contributed by atoms with E-state index in [1.807, 2.05) is 30.3 Å². The third-order valence-electron chi connectivity index (χ3n) is 4.67. The van der Waals surface area contributed by atoms with Crippen LogP contribution in [0.5, 0.6) is 0 Å². The van der Waals surface area contributed by atoms with Gasteiger partial charge in [0.25, 0.3) is 5.79 Å². The molecule has 0 heterocycles. The second-order valence-electron chi connectivity index (χ2n) is 7.49. The van der Waals surface area contributed by atoms with Crippen LogP contribution in [0.3, 0.4) is 0 Å². The zero-order valence-corrected chi connectivity index (χ0v) is 18.0. The molecule has 6 heteroatoms. The standard InChI is InChI=1S/C20H30O5Si/c1-19(2,3)26(7,8)25-20(24-6,17(22-4)18(21)23-5)15-14-16-12-10-9-11-13-16/h9-13,17H,1-8H3. The summed E-state index contributed by atoms with van der Waals surface area (Å²) in [7, 11) is 1.82. The van der Waals surface area contributed by atoms with Crippen LogP contribution in [-0.2, 0) is 23.4 Å². The van der Waals surface area contributed by atoms with Gasteiger partial charge in [-0.3, -0.25) is 0 Å². The quantitative estimate of drug-likeness (QED) is 0.328. The van der Waals surface area contributed by atoms with Gasteiger partial charge in [-0.25, -0.2) is 4.79 Å². The Kier molecular flexibility index (Phi) is 7.60. The summed E-state index contributed by atoms with van der Waals surface area (Å²) in [6, 6.07) is 9.44. The van der Waals surface area contributed by atoms with E-state index >= 15 is 0 Å². The Hall–Kier alpha value is -1.65. The van der Waals surface area contributed by atoms with Crippen molar-refractivity contribution in [1.82, 2.24) is 0 Å². The fourth-order valence-corrected chi connectivity index (χ4v) is 3.38. The number of carbonyl (C=O) groups is 1. The third kappa shape index (κ3) is 5.18. The number of rotatable bonds is 6. The predicted octanol–water partition coefficient (Wildman–Crippen LogP) is 3.59. The molecule has 0 aromatic heterocycles. The van der Waals surface area contributed by atoms with E-state index in [9.17, 15) is 4.79 Å². The van der Waals surface area contributed by atoms with Crippen LogP contribution in [0, 0.1) is 11.8 Å². The van der Waals surface area contributed by atoms with Gasteiger partial charge in [0, 0.05) is 19.8 Å². The molecule has 0 saturated heterocycles. The van der Waals surface area contributed by atoms with Gasteiger partial charge in [0.2, 0.25) is 6.10 Å². The van der Waals surface area contributed by atoms with E-state index in [0.717, 1.165) is 5.56 Å². The van der Waals surface area contributed by atoms with Gasteiger partial charge in [-0.05, 0) is 36.2 Å². The summed E-state index contributed by atoms with van der Waals surface area (Å²) in [6.45, 7) is 10.4. The Labute approximate surface area is 158 Å². The zero-order chi connectivity index (χ0) is 20.0. The highest BCUT2D eigenvalue weighted by atomic mass is 28.4. The first-order valence-electron chi connectivity index (χ1n) is 8.47. The van der Waals surface area contributed by atoms with E-state index in [-0.39, 0.29) is 5.04 Å². The molecule has 0 aliphatic heterocycles. The van der Waals surface area contributed by atoms with Gasteiger partial charge >= 0.3 is 5.97 Å². The summed E-state index contributed by atoms with van der Waals surface area (Å²) in [5, 5.41) is -0.111. The molecule has 144 valence electrons. The molecular formula is C20H30O5Si. The predicted molar refractivity (Wildman–Crippen MR) is 104 cm³/mol. The van der Waals surface area contributed by atoms with E-state index in [1.165, 1.54) is 21.3 Å². The molecule has 0 aliphatic rings. The fraction of sp³-hybridized carbons (Fsp3) is 0.550. The smallest absolute Gasteiger partial charge is 0.341 e. The normalized spacial score (nSPS) is 15.4. The van der Waals surface area contributed by atoms with E-state index in [0.29, 0.717) is 0 Å². The Morgan fingerprint density at radius 1 is 1.08 bits per heavy atom. The number of esters is 1. The highest BCUT2D eigenvalue weighted by Crippen LogP contribution is 2.40. The molecular weight excluding hydrogens is 348 g/mol. The summed E-state index contributed by atoms with van der Waals surface area (Å²) in [5.41, 5.74) is 0.785. The second kappa shape index (κ2) is 8.83. The van der Waals surface area contributed by atoms with Crippen LogP contribution >= 0.6 is 0 Å². The topological polar surface area (TPSA) is 54.0 Å². The van der Waals surface area contributed by atoms with E-state index in [1.54, 1.807) is 0 Å². The number of hydrogen-bond acceptors (Lipinski definition) is 5. The first kappa shape index (κ1) is 22.4. The van der Waals surface area contributed by atoms with Crippen LogP contribution in [0.15, 0.2) is 30.3 Å². The van der Waals surface area contributed by atoms with Gasteiger partial charge in [0.1, 0.15) is 0 Å². The first-order valence-corrected chi connectivity index (χ1v) is 11.4. The summed E-state index contributed by atoms with van der Waals surface area (Å²) < 4.78 is 22.4. The lowest BCUT2D eigenvalue weighted by Crippen LogP contribution is -2.58. The monoisotopic (exact) mass is 378 g/mol. The number of carbonyl (C=O) groups excluding carboxylic acids is 1. The molecule has 0 amide bonds. The average molecular weight is 379 g/mol. The van der Waals surface area contributed by atoms with Gasteiger partial charge < -0.3 is 18.6 Å². The lowest BCUT2D eigenvalue weighted by Gasteiger charge is -2.44. The van der Waals surface area contributed by atoms with E-state index in [2.05, 4.69) is 45.7 Å². The van der Waals surface area contributed by atoms with Crippen LogP contribution in [-0.4, -0.2) is 47.5 Å². The molecule has 1 aromatic carbocycles. The highest BCUT2D eigenvalue weighted by molar-refractivity contribution is 6.74. The lowest BCUT2D eigenvalue weighted by molar-refractivity contribution is -0.212. The van der Waals surface area contributed by atoms with Crippen LogP contribution in [0.25, 0.3) is 0 Å². The molecule has 0 aliphatic carbocycles. The second-order valence-corrected chi connectivity index (χ2v) is 12.2. The summed E-state index contributed by atoms with van der Waals surface area (Å²) in [6.07, 6.45) is -1.14. The molecule has 26 heavy (non-hydrogen) atoms. The molecule has 0 fully saturated rings. The minimum Gasteiger partial charge on any atom is -0.467 e. The maximum atomic E-state index is 12.3. The van der Waals surface area contributed by atoms with Crippen molar-refractivity contribution < 1.29 is 23.4 Å². The average Bonchev–Trinajstić information content (AvgIpc) is 2.59. The van der Waals surface area contributed by atoms with Crippen molar-refractivity contribution in [3.8, 4) is 11.8 Å². The van der Waals surface area contributed by atoms with Crippen molar-refractivity contribution >= 4 is 14.3 Å². The van der Waals surface area contributed by atoms with Gasteiger partial charge in [0.15, 0.2) is 8.32 Å². The van der Waals surface area contributed by atoms with Crippen molar-refractivity contribution in [3.63, 3.8) is 0 Å². The molecule has 1 aromatic rings. The Balaban J connectivity index is 3.48. The van der Waals surface area contributed by atoms with Crippen LogP contribution in [0.2, 0.25) is 18.1 Å². The minimum absolute atomic E-state index is 0.111. The highest BCUT2D eigenvalue weighted by Gasteiger charge is 2.52. The first-order chi connectivity index (χ1) is 12.0. The maximum Gasteiger partial charge on any atom is 0.341 e. The third-order valence-corrected chi connectivity index (χ3v) is 9.09. The number of hydrogen-bond donors (Lipinski definition) is 0. The Morgan fingerprint density at radius 3 is 2.08 bits per heavy atom. The molecule has 2 unspecified atom stereocenters. The number of ether oxygens (including phenoxy) is 3. The van der Waals surface area contributed by atoms with Crippen LogP contribution in [0.1, 0.15) is 26.3 Å². The Morgan fingerprint density at radius 2 is 1.65 bits per heavy atom. The van der Waals surface area contributed by atoms with Gasteiger partial charge in [-0.1, -0.05) is 44.9 Å². The zero-order valence-electron chi connectivity index (χ0n) is 17.0. The molecule has 0 N–H and O–H groups in total. The molecule has 1 rings (SSSR count). The molecule has 5 nitrogen and oxygen atoms in total. The molecule has 0 saturated carbocycles. The van der Waals surface area contributed by atoms with Gasteiger partial charge in [-0.15, -0.1) is 0 Å². The number of benzene rings is 1. The maximum absolute atomic E-state index is 12.3. The molecule has 0 spiro atoms. The summed E-state index contributed by atoms with van der Waals surface area (Å²) in [5.74, 6) is 3.88. The van der Waals surface area contributed by atoms with Crippen molar-refractivity contribution in [2.45, 2.75) is 50.8 Å². The van der Waals surface area contributed by atoms with Gasteiger partial charge in [-0.2, -0.15) is 0 Å². The molecule has 2 atom stereocenters. The van der Waals surface area contributed by atoms with Crippen molar-refractivity contribution in [3.05, 3.63) is 35.9 Å². The Bertz CT molecular complexity index is 654. The van der Waals surface area contributed by atoms with Crippen molar-refractivity contribution in [2.75, 3.05) is 21.3 Å². The van der Waals surface area contributed by atoms with Crippen molar-refractivity contribution in [2.24, 2.45) is 0 Å². The number of methoxy groups -OCH3 is 3. The van der Waals surface area contributed by atoms with Gasteiger partial charge in [0.05, 0.1) is 7.11 Å². The van der Waals surface area contributed by atoms with E-state index in [4.69, 9.17) is 18.6 Å². The SMILES string of the molecule is COC(=O)C(OC)C(C#Cc1ccccc1)(OC)O[Si](C)(C)C(C)(C)C. The summed E-state index contributed by atoms with van der Waals surface area (Å²) >= 11 is 0. The summed E-state index contributed by atoms with van der Waals surface area (Å²) in [4.78, 5) is 12.3. The minimum atomic E-state index is -2.35. The van der Waals surface area contributed by atoms with Crippen LogP contribution in [0.4, 0.5) is 0 Å². The van der Waals surface area contributed by atoms with Crippen LogP contribution < -0.4 is 0 Å². The van der Waals surface area contributed by atoms with E-state index < -0.39 is 26.2 Å².